The van der Waals surface area contributed by atoms with Gasteiger partial charge in [0.05, 0.1) is 12.6 Å². The molecule has 8 atom stereocenters. The third-order valence-electron chi connectivity index (χ3n) is 15.7. The summed E-state index contributed by atoms with van der Waals surface area (Å²) in [4.78, 5) is 164. The normalized spacial score (nSPS) is 13.6. The number of amides is 12. The number of carbonyl (C=O) groups excluding carboxylic acids is 12. The van der Waals surface area contributed by atoms with Crippen LogP contribution in [0.3, 0.4) is 0 Å². The standard InChI is InChI=1S/C67H108N18O13/c1-40(2)34-52(59(70)91)84-65(97)53(35-41(3)4)82-58(90)39-78-60(92)42(5)79-61(93)43(6)80-64(96)51(21-17-33-76-67(71)72)81-57(89)24-12-15-31-74-55(87)22-10-14-30-73-56(88)23-11-16-32-75-63(95)50(20-9-13-29-68)83-66(98)54(36-44-25-27-46(86)28-26-44)85-62(94)48(69)37-45-38-77-49-19-8-7-18-47(45)49/h7-8,18-19,25-28,38,40-43,48,50-54,77,86H,9-17,20-24,29-37,39,68-69H2,1-6H3,(H2,70,91)(H,73,88)(H,74,87)(H,75,95)(H,78,92)(H,79,93)(H,80,96)(H,81,89)(H,82,90)(H,83,98)(H,84,97)(H,85,94)(H4,71,72,76)/t42-,43-,48-,50-,51-,52-,53+,54-/m0/s1. The number of nitrogens with one attached hydrogen (secondary N) is 12. The first kappa shape index (κ1) is 82.8. The second-order valence-corrected chi connectivity index (χ2v) is 25.4. The van der Waals surface area contributed by atoms with Gasteiger partial charge in [0.15, 0.2) is 5.96 Å². The predicted molar refractivity (Wildman–Crippen MR) is 371 cm³/mol. The molecule has 31 heteroatoms. The van der Waals surface area contributed by atoms with Crippen molar-refractivity contribution in [1.29, 1.82) is 0 Å². The number of nitrogens with zero attached hydrogens (tertiary/aromatic N) is 1. The third-order valence-corrected chi connectivity index (χ3v) is 15.7. The highest BCUT2D eigenvalue weighted by Crippen LogP contribution is 2.20. The van der Waals surface area contributed by atoms with E-state index in [-0.39, 0.29) is 113 Å². The molecule has 0 aliphatic carbocycles. The maximum Gasteiger partial charge on any atom is 0.243 e. The second kappa shape index (κ2) is 45.2. The fourth-order valence-electron chi connectivity index (χ4n) is 10.3. The Balaban J connectivity index is 1.36. The minimum atomic E-state index is -1.18. The molecule has 0 spiro atoms. The molecule has 0 fully saturated rings. The van der Waals surface area contributed by atoms with Crippen molar-refractivity contribution in [3.05, 3.63) is 65.9 Å². The van der Waals surface area contributed by atoms with Crippen LogP contribution >= 0.6 is 0 Å². The Kier molecular flexibility index (Phi) is 38.2. The van der Waals surface area contributed by atoms with Gasteiger partial charge >= 0.3 is 0 Å². The van der Waals surface area contributed by atoms with Crippen molar-refractivity contribution in [2.24, 2.45) is 45.5 Å². The Morgan fingerprint density at radius 3 is 1.59 bits per heavy atom. The number of carbonyl (C=O) groups is 12. The fraction of sp³-hybridized carbons (Fsp3) is 0.597. The molecule has 0 saturated carbocycles. The molecule has 98 heavy (non-hydrogen) atoms. The van der Waals surface area contributed by atoms with Gasteiger partial charge in [-0.2, -0.15) is 0 Å². The summed E-state index contributed by atoms with van der Waals surface area (Å²) in [5.41, 5.74) is 30.9. The molecule has 23 N–H and O–H groups in total. The number of benzene rings is 2. The number of phenols is 1. The van der Waals surface area contributed by atoms with E-state index in [9.17, 15) is 62.6 Å². The van der Waals surface area contributed by atoms with Crippen LogP contribution in [0.4, 0.5) is 0 Å². The molecule has 1 heterocycles. The van der Waals surface area contributed by atoms with Gasteiger partial charge < -0.3 is 97.2 Å². The number of guanidine groups is 1. The Bertz CT molecular complexity index is 3100. The lowest BCUT2D eigenvalue weighted by atomic mass is 10.0. The molecule has 12 amide bonds. The van der Waals surface area contributed by atoms with E-state index in [1.165, 1.54) is 26.0 Å². The molecular formula is C67H108N18O13. The van der Waals surface area contributed by atoms with Crippen LogP contribution in [0.5, 0.6) is 5.75 Å². The Hall–Kier alpha value is -9.39. The van der Waals surface area contributed by atoms with Crippen LogP contribution in [-0.4, -0.2) is 175 Å². The van der Waals surface area contributed by atoms with Gasteiger partial charge in [-0.3, -0.25) is 62.5 Å². The van der Waals surface area contributed by atoms with Gasteiger partial charge in [0.25, 0.3) is 0 Å². The number of H-pyrrole nitrogens is 1. The van der Waals surface area contributed by atoms with Crippen LogP contribution in [0.15, 0.2) is 59.7 Å². The van der Waals surface area contributed by atoms with E-state index in [0.717, 1.165) is 16.5 Å². The van der Waals surface area contributed by atoms with Gasteiger partial charge in [-0.05, 0) is 151 Å². The number of para-hydroxylation sites is 1. The minimum absolute atomic E-state index is 0.0115. The van der Waals surface area contributed by atoms with Crippen LogP contribution in [0.1, 0.15) is 155 Å². The Morgan fingerprint density at radius 2 is 0.990 bits per heavy atom. The first-order valence-electron chi connectivity index (χ1n) is 33.9. The number of hydrogen-bond acceptors (Lipinski definition) is 16. The van der Waals surface area contributed by atoms with E-state index >= 15 is 0 Å². The quantitative estimate of drug-likeness (QED) is 0.0186. The lowest BCUT2D eigenvalue weighted by molar-refractivity contribution is -0.134. The summed E-state index contributed by atoms with van der Waals surface area (Å²) < 4.78 is 0. The zero-order valence-corrected chi connectivity index (χ0v) is 57.6. The number of nitrogens with two attached hydrogens (primary N) is 5. The van der Waals surface area contributed by atoms with Crippen molar-refractivity contribution in [3.63, 3.8) is 0 Å². The highest BCUT2D eigenvalue weighted by molar-refractivity contribution is 5.97. The van der Waals surface area contributed by atoms with Crippen LogP contribution in [0, 0.1) is 11.8 Å². The molecule has 0 radical (unpaired) electrons. The van der Waals surface area contributed by atoms with E-state index in [1.807, 2.05) is 52.0 Å². The molecule has 0 aliphatic rings. The summed E-state index contributed by atoms with van der Waals surface area (Å²) in [6.45, 7) is 11.0. The van der Waals surface area contributed by atoms with E-state index in [1.54, 1.807) is 18.3 Å². The van der Waals surface area contributed by atoms with Crippen molar-refractivity contribution in [1.82, 2.24) is 63.5 Å². The first-order chi connectivity index (χ1) is 46.6. The lowest BCUT2D eigenvalue weighted by Gasteiger charge is -2.24. The van der Waals surface area contributed by atoms with E-state index < -0.39 is 114 Å². The number of aromatic nitrogens is 1. The van der Waals surface area contributed by atoms with Crippen LogP contribution in [0.25, 0.3) is 10.9 Å². The van der Waals surface area contributed by atoms with Crippen LogP contribution in [-0.2, 0) is 70.4 Å². The minimum Gasteiger partial charge on any atom is -0.508 e. The third kappa shape index (κ3) is 33.5. The highest BCUT2D eigenvalue weighted by Gasteiger charge is 2.31. The number of aliphatic imine (C=N–C) groups is 1. The largest absolute Gasteiger partial charge is 0.508 e. The van der Waals surface area contributed by atoms with E-state index in [0.29, 0.717) is 76.4 Å². The summed E-state index contributed by atoms with van der Waals surface area (Å²) in [6, 6.07) is 5.35. The zero-order chi connectivity index (χ0) is 72.7. The van der Waals surface area contributed by atoms with Crippen molar-refractivity contribution in [2.75, 3.05) is 39.3 Å². The molecule has 2 aromatic carbocycles. The average Bonchev–Trinajstić information content (AvgIpc) is 1.71. The monoisotopic (exact) mass is 1370 g/mol. The van der Waals surface area contributed by atoms with Crippen molar-refractivity contribution < 1.29 is 62.6 Å². The van der Waals surface area contributed by atoms with Gasteiger partial charge in [0.2, 0.25) is 70.9 Å². The number of unbranched alkanes of at least 4 members (excludes halogenated alkanes) is 4. The maximum atomic E-state index is 14.0. The topological polar surface area (TPSA) is 516 Å². The van der Waals surface area contributed by atoms with Crippen molar-refractivity contribution >= 4 is 87.7 Å². The first-order valence-corrected chi connectivity index (χ1v) is 33.9. The Morgan fingerprint density at radius 1 is 0.480 bits per heavy atom. The van der Waals surface area contributed by atoms with Gasteiger partial charge in [0, 0.05) is 69.0 Å². The lowest BCUT2D eigenvalue weighted by Crippen LogP contribution is -2.56. The van der Waals surface area contributed by atoms with E-state index in [2.05, 4.69) is 68.5 Å². The summed E-state index contributed by atoms with van der Waals surface area (Å²) in [6.07, 6.45) is 7.58. The zero-order valence-electron chi connectivity index (χ0n) is 57.6. The number of hydrogen-bond donors (Lipinski definition) is 18. The number of phenolic OH excluding ortho intramolecular Hbond substituents is 1. The smallest absolute Gasteiger partial charge is 0.243 e. The van der Waals surface area contributed by atoms with Crippen molar-refractivity contribution in [3.8, 4) is 5.75 Å². The Labute approximate surface area is 573 Å². The number of fused-ring (bicyclic) bond motifs is 1. The van der Waals surface area contributed by atoms with Crippen LogP contribution < -0.4 is 87.2 Å². The molecular weight excluding hydrogens is 1260 g/mol. The molecule has 544 valence electrons. The van der Waals surface area contributed by atoms with Gasteiger partial charge in [0.1, 0.15) is 48.0 Å². The summed E-state index contributed by atoms with van der Waals surface area (Å²) in [7, 11) is 0. The number of rotatable bonds is 48. The average molecular weight is 1370 g/mol. The number of aromatic hydroxyl groups is 1. The predicted octanol–water partition coefficient (Wildman–Crippen LogP) is -0.845. The highest BCUT2D eigenvalue weighted by atomic mass is 16.3. The van der Waals surface area contributed by atoms with Gasteiger partial charge in [-0.25, -0.2) is 0 Å². The van der Waals surface area contributed by atoms with Gasteiger partial charge in [-0.15, -0.1) is 0 Å². The SMILES string of the molecule is CC(C)C[C@H](NC(=O)[C@@H](CC(C)C)NC(=O)CNC(=O)[C@H](C)NC(=O)[C@H](C)NC(=O)[C@H](CCCN=C(N)N)NC(=O)CCCCNC(=O)CCCCNC(=O)CCCCNC(=O)[C@H](CCCCN)NC(=O)[C@H](Cc1ccc(O)cc1)NC(=O)[C@@H](N)Cc1c[nH]c2ccccc12)C(N)=O. The molecule has 3 rings (SSSR count). The molecule has 1 aromatic heterocycles. The van der Waals surface area contributed by atoms with E-state index in [4.69, 9.17) is 28.7 Å². The summed E-state index contributed by atoms with van der Waals surface area (Å²) in [5.74, 6) is -6.75. The second-order valence-electron chi connectivity index (χ2n) is 25.4. The molecule has 0 aliphatic heterocycles. The van der Waals surface area contributed by atoms with Gasteiger partial charge in [-0.1, -0.05) is 58.0 Å². The van der Waals surface area contributed by atoms with Crippen LogP contribution in [0.2, 0.25) is 0 Å². The summed E-state index contributed by atoms with van der Waals surface area (Å²) in [5, 5.41) is 40.3. The molecule has 3 aromatic rings. The number of aromatic amines is 1. The molecule has 0 bridgehead atoms. The molecule has 31 nitrogen and oxygen atoms in total. The molecule has 0 unspecified atom stereocenters. The molecule has 0 saturated heterocycles. The maximum absolute atomic E-state index is 14.0. The fourth-order valence-corrected chi connectivity index (χ4v) is 10.3. The number of primary amides is 1. The summed E-state index contributed by atoms with van der Waals surface area (Å²) >= 11 is 0. The van der Waals surface area contributed by atoms with Crippen molar-refractivity contribution in [2.45, 2.75) is 205 Å².